The van der Waals surface area contributed by atoms with Gasteiger partial charge in [0.15, 0.2) is 0 Å². The van der Waals surface area contributed by atoms with Gasteiger partial charge in [0, 0.05) is 65.4 Å². The average Bonchev–Trinajstić information content (AvgIpc) is 3.78. The topological polar surface area (TPSA) is 19.6 Å². The quantitative estimate of drug-likeness (QED) is 0.167. The number of hydrogen-bond acceptors (Lipinski definition) is 4. The summed E-state index contributed by atoms with van der Waals surface area (Å²) in [4.78, 5) is 4.68. The molecule has 0 saturated heterocycles. The summed E-state index contributed by atoms with van der Waals surface area (Å²) in [6, 6.07) is 69.1. The lowest BCUT2D eigenvalue weighted by Crippen LogP contribution is -2.10. The van der Waals surface area contributed by atoms with Crippen molar-refractivity contribution in [2.75, 3.05) is 9.80 Å². The third kappa shape index (κ3) is 5.20. The standard InChI is InChI=1S/C48H32N2OS/c1-4-15-35(16-5-1)49(39-27-28-41-40-22-10-11-24-44(40)51-45(41)32-39)38-21-12-14-33(30-38)34-26-29-46-42(31-34)48-43(23-13-25-47(48)52-46)50(36-17-6-2-7-18-36)37-19-8-3-9-20-37/h1-32H. The van der Waals surface area contributed by atoms with E-state index in [2.05, 4.69) is 192 Å². The van der Waals surface area contributed by atoms with Crippen LogP contribution in [-0.4, -0.2) is 0 Å². The molecule has 0 spiro atoms. The van der Waals surface area contributed by atoms with Gasteiger partial charge in [-0.25, -0.2) is 0 Å². The molecule has 0 aliphatic heterocycles. The number of nitrogens with zero attached hydrogens (tertiary/aromatic N) is 2. The number of fused-ring (bicyclic) bond motifs is 6. The highest BCUT2D eigenvalue weighted by Gasteiger charge is 2.20. The monoisotopic (exact) mass is 684 g/mol. The number of furan rings is 1. The summed E-state index contributed by atoms with van der Waals surface area (Å²) in [5.41, 5.74) is 10.7. The predicted molar refractivity (Wildman–Crippen MR) is 221 cm³/mol. The Kier molecular flexibility index (Phi) is 7.33. The van der Waals surface area contributed by atoms with Gasteiger partial charge >= 0.3 is 0 Å². The number of para-hydroxylation sites is 4. The number of thiophene rings is 1. The van der Waals surface area contributed by atoms with Gasteiger partial charge in [0.1, 0.15) is 11.2 Å². The van der Waals surface area contributed by atoms with Crippen molar-refractivity contribution in [2.45, 2.75) is 0 Å². The molecule has 0 fully saturated rings. The van der Waals surface area contributed by atoms with Crippen molar-refractivity contribution >= 4 is 87.6 Å². The molecule has 3 nitrogen and oxygen atoms in total. The lowest BCUT2D eigenvalue weighted by molar-refractivity contribution is 0.669. The summed E-state index contributed by atoms with van der Waals surface area (Å²) in [6.45, 7) is 0. The number of hydrogen-bond donors (Lipinski definition) is 0. The molecular weight excluding hydrogens is 653 g/mol. The third-order valence-corrected chi connectivity index (χ3v) is 11.0. The van der Waals surface area contributed by atoms with Crippen molar-refractivity contribution in [3.05, 3.63) is 194 Å². The van der Waals surface area contributed by atoms with Crippen LogP contribution in [0.4, 0.5) is 34.1 Å². The molecule has 2 aromatic heterocycles. The SMILES string of the molecule is c1ccc(N(c2cccc(-c3ccc4sc5cccc(N(c6ccccc6)c6ccccc6)c5c4c3)c2)c2ccc3c(c2)oc2ccccc23)cc1. The van der Waals surface area contributed by atoms with E-state index in [1.54, 1.807) is 0 Å². The maximum absolute atomic E-state index is 6.33. The Labute approximate surface area is 305 Å². The summed E-state index contributed by atoms with van der Waals surface area (Å²) in [5.74, 6) is 0. The van der Waals surface area contributed by atoms with Crippen LogP contribution >= 0.6 is 11.3 Å². The van der Waals surface area contributed by atoms with Crippen molar-refractivity contribution in [3.8, 4) is 11.1 Å². The van der Waals surface area contributed by atoms with Crippen LogP contribution < -0.4 is 9.80 Å². The highest BCUT2D eigenvalue weighted by atomic mass is 32.1. The first-order valence-electron chi connectivity index (χ1n) is 17.5. The Balaban J connectivity index is 1.11. The van der Waals surface area contributed by atoms with E-state index in [1.807, 2.05) is 23.5 Å². The van der Waals surface area contributed by atoms with Crippen LogP contribution in [0.1, 0.15) is 0 Å². The van der Waals surface area contributed by atoms with Crippen molar-refractivity contribution in [1.82, 2.24) is 0 Å². The van der Waals surface area contributed by atoms with Gasteiger partial charge in [-0.1, -0.05) is 97.1 Å². The molecule has 0 unspecified atom stereocenters. The van der Waals surface area contributed by atoms with Crippen molar-refractivity contribution in [2.24, 2.45) is 0 Å². The molecule has 0 aliphatic rings. The van der Waals surface area contributed by atoms with Crippen LogP contribution in [0.5, 0.6) is 0 Å². The second-order valence-electron chi connectivity index (χ2n) is 13.0. The number of rotatable bonds is 7. The molecule has 52 heavy (non-hydrogen) atoms. The maximum atomic E-state index is 6.33. The van der Waals surface area contributed by atoms with Gasteiger partial charge in [0.05, 0.1) is 5.69 Å². The fourth-order valence-corrected chi connectivity index (χ4v) is 8.57. The van der Waals surface area contributed by atoms with E-state index in [9.17, 15) is 0 Å². The van der Waals surface area contributed by atoms with Gasteiger partial charge in [-0.05, 0) is 102 Å². The summed E-state index contributed by atoms with van der Waals surface area (Å²) < 4.78 is 8.87. The molecule has 0 bridgehead atoms. The van der Waals surface area contributed by atoms with Gasteiger partial charge in [-0.2, -0.15) is 0 Å². The van der Waals surface area contributed by atoms with Crippen LogP contribution in [0.2, 0.25) is 0 Å². The molecule has 10 aromatic rings. The molecule has 0 amide bonds. The highest BCUT2D eigenvalue weighted by molar-refractivity contribution is 7.26. The fourth-order valence-electron chi connectivity index (χ4n) is 7.46. The lowest BCUT2D eigenvalue weighted by atomic mass is 10.0. The van der Waals surface area contributed by atoms with Crippen molar-refractivity contribution < 1.29 is 4.42 Å². The Morgan fingerprint density at radius 3 is 1.69 bits per heavy atom. The first kappa shape index (κ1) is 30.2. The molecule has 0 N–H and O–H groups in total. The normalized spacial score (nSPS) is 11.5. The zero-order valence-corrected chi connectivity index (χ0v) is 29.0. The van der Waals surface area contributed by atoms with Crippen LogP contribution in [0, 0.1) is 0 Å². The largest absolute Gasteiger partial charge is 0.456 e. The molecule has 0 aliphatic carbocycles. The van der Waals surface area contributed by atoms with Crippen LogP contribution in [0.25, 0.3) is 53.2 Å². The van der Waals surface area contributed by atoms with Gasteiger partial charge in [-0.15, -0.1) is 11.3 Å². The fraction of sp³-hybridized carbons (Fsp3) is 0. The van der Waals surface area contributed by atoms with E-state index < -0.39 is 0 Å². The third-order valence-electron chi connectivity index (χ3n) is 9.82. The molecule has 4 heteroatoms. The van der Waals surface area contributed by atoms with Crippen LogP contribution in [-0.2, 0) is 0 Å². The van der Waals surface area contributed by atoms with E-state index in [-0.39, 0.29) is 0 Å². The van der Waals surface area contributed by atoms with E-state index in [0.717, 1.165) is 55.9 Å². The molecule has 0 radical (unpaired) electrons. The summed E-state index contributed by atoms with van der Waals surface area (Å²) in [6.07, 6.45) is 0. The Bertz CT molecular complexity index is 2820. The summed E-state index contributed by atoms with van der Waals surface area (Å²) >= 11 is 1.85. The molecule has 0 saturated carbocycles. The Morgan fingerprint density at radius 1 is 0.346 bits per heavy atom. The van der Waals surface area contributed by atoms with E-state index >= 15 is 0 Å². The van der Waals surface area contributed by atoms with E-state index in [1.165, 1.54) is 31.4 Å². The van der Waals surface area contributed by atoms with Gasteiger partial charge < -0.3 is 14.2 Å². The van der Waals surface area contributed by atoms with Crippen LogP contribution in [0.15, 0.2) is 199 Å². The van der Waals surface area contributed by atoms with Crippen molar-refractivity contribution in [1.29, 1.82) is 0 Å². The first-order valence-corrected chi connectivity index (χ1v) is 18.3. The Morgan fingerprint density at radius 2 is 0.942 bits per heavy atom. The van der Waals surface area contributed by atoms with Crippen molar-refractivity contribution in [3.63, 3.8) is 0 Å². The van der Waals surface area contributed by atoms with Gasteiger partial charge in [0.2, 0.25) is 0 Å². The second-order valence-corrected chi connectivity index (χ2v) is 14.1. The minimum absolute atomic E-state index is 0.876. The van der Waals surface area contributed by atoms with Gasteiger partial charge in [-0.3, -0.25) is 0 Å². The molecule has 2 heterocycles. The highest BCUT2D eigenvalue weighted by Crippen LogP contribution is 2.46. The summed E-state index contributed by atoms with van der Waals surface area (Å²) in [7, 11) is 0. The summed E-state index contributed by atoms with van der Waals surface area (Å²) in [5, 5.41) is 4.77. The molecule has 246 valence electrons. The molecule has 0 atom stereocenters. The average molecular weight is 685 g/mol. The smallest absolute Gasteiger partial charge is 0.137 e. The maximum Gasteiger partial charge on any atom is 0.137 e. The zero-order valence-electron chi connectivity index (χ0n) is 28.2. The number of anilines is 6. The molecular formula is C48H32N2OS. The van der Waals surface area contributed by atoms with E-state index in [0.29, 0.717) is 0 Å². The van der Waals surface area contributed by atoms with Crippen LogP contribution in [0.3, 0.4) is 0 Å². The Hall–Kier alpha value is -6.62. The predicted octanol–water partition coefficient (Wildman–Crippen LogP) is 14.6. The second kappa shape index (κ2) is 12.6. The molecule has 8 aromatic carbocycles. The first-order chi connectivity index (χ1) is 25.8. The molecule has 10 rings (SSSR count). The zero-order chi connectivity index (χ0) is 34.4. The van der Waals surface area contributed by atoms with Gasteiger partial charge in [0.25, 0.3) is 0 Å². The van der Waals surface area contributed by atoms with E-state index in [4.69, 9.17) is 4.42 Å². The minimum Gasteiger partial charge on any atom is -0.456 e. The number of benzene rings is 8. The minimum atomic E-state index is 0.876. The lowest BCUT2D eigenvalue weighted by Gasteiger charge is -2.26.